The molecule has 124 valence electrons. The molecule has 3 rings (SSSR count). The van der Waals surface area contributed by atoms with Gasteiger partial charge in [-0.2, -0.15) is 0 Å². The highest BCUT2D eigenvalue weighted by molar-refractivity contribution is 8.01. The predicted octanol–water partition coefficient (Wildman–Crippen LogP) is 3.74. The molecule has 1 aromatic carbocycles. The maximum Gasteiger partial charge on any atom is 0.236 e. The first-order valence-electron chi connectivity index (χ1n) is 7.10. The highest BCUT2D eigenvalue weighted by Gasteiger charge is 2.10. The van der Waals surface area contributed by atoms with Crippen molar-refractivity contribution in [2.45, 2.75) is 11.3 Å². The summed E-state index contributed by atoms with van der Waals surface area (Å²) in [4.78, 5) is 16.5. The molecule has 2 aromatic heterocycles. The number of carbonyl (C=O) groups excluding carboxylic acids is 1. The number of benzene rings is 1. The van der Waals surface area contributed by atoms with Crippen molar-refractivity contribution in [3.05, 3.63) is 35.2 Å². The summed E-state index contributed by atoms with van der Waals surface area (Å²) in [6.07, 6.45) is 0. The zero-order valence-corrected chi connectivity index (χ0v) is 15.5. The number of nitrogens with one attached hydrogen (secondary N) is 2. The average Bonchev–Trinajstić information content (AvgIpc) is 3.23. The standard InChI is InChI=1S/C15H15N5OS3/c1-9-3-5-10(6-4-9)11-7-22-14(17-11)18-12(21)8-23-15-20-19-13(16-2)24-15/h3-7H,8H2,1-2H3,(H,16,19)(H,17,18,21). The number of amides is 1. The molecule has 0 saturated heterocycles. The third-order valence-electron chi connectivity index (χ3n) is 3.04. The van der Waals surface area contributed by atoms with Crippen molar-refractivity contribution in [2.75, 3.05) is 23.4 Å². The molecule has 0 bridgehead atoms. The van der Waals surface area contributed by atoms with E-state index in [-0.39, 0.29) is 11.7 Å². The lowest BCUT2D eigenvalue weighted by Gasteiger charge is -2.00. The summed E-state index contributed by atoms with van der Waals surface area (Å²) in [5.41, 5.74) is 3.11. The van der Waals surface area contributed by atoms with Crippen LogP contribution in [0.5, 0.6) is 0 Å². The minimum Gasteiger partial charge on any atom is -0.363 e. The number of aryl methyl sites for hydroxylation is 1. The van der Waals surface area contributed by atoms with Crippen LogP contribution in [0.25, 0.3) is 11.3 Å². The Balaban J connectivity index is 1.56. The van der Waals surface area contributed by atoms with Crippen LogP contribution in [0.15, 0.2) is 34.0 Å². The molecular formula is C15H15N5OS3. The Kier molecular flexibility index (Phi) is 5.44. The molecule has 0 unspecified atom stereocenters. The number of hydrogen-bond acceptors (Lipinski definition) is 8. The quantitative estimate of drug-likeness (QED) is 0.637. The lowest BCUT2D eigenvalue weighted by molar-refractivity contribution is -0.113. The molecule has 2 heterocycles. The van der Waals surface area contributed by atoms with E-state index in [1.54, 1.807) is 7.05 Å². The summed E-state index contributed by atoms with van der Waals surface area (Å²) in [6.45, 7) is 2.05. The predicted molar refractivity (Wildman–Crippen MR) is 101 cm³/mol. The van der Waals surface area contributed by atoms with Crippen molar-refractivity contribution in [1.82, 2.24) is 15.2 Å². The minimum absolute atomic E-state index is 0.106. The fourth-order valence-electron chi connectivity index (χ4n) is 1.84. The van der Waals surface area contributed by atoms with Gasteiger partial charge in [-0.1, -0.05) is 52.9 Å². The molecule has 6 nitrogen and oxygen atoms in total. The smallest absolute Gasteiger partial charge is 0.236 e. The molecule has 3 aromatic rings. The van der Waals surface area contributed by atoms with Crippen molar-refractivity contribution in [3.63, 3.8) is 0 Å². The Morgan fingerprint density at radius 1 is 1.21 bits per heavy atom. The maximum absolute atomic E-state index is 12.0. The third kappa shape index (κ3) is 4.31. The first-order chi connectivity index (χ1) is 11.6. The molecule has 0 atom stereocenters. The average molecular weight is 378 g/mol. The van der Waals surface area contributed by atoms with E-state index in [0.29, 0.717) is 5.13 Å². The number of anilines is 2. The maximum atomic E-state index is 12.0. The largest absolute Gasteiger partial charge is 0.363 e. The summed E-state index contributed by atoms with van der Waals surface area (Å²) in [5, 5.41) is 16.9. The van der Waals surface area contributed by atoms with E-state index in [4.69, 9.17) is 0 Å². The van der Waals surface area contributed by atoms with E-state index < -0.39 is 0 Å². The minimum atomic E-state index is -0.106. The monoisotopic (exact) mass is 377 g/mol. The van der Waals surface area contributed by atoms with Crippen LogP contribution in [0, 0.1) is 6.92 Å². The number of thioether (sulfide) groups is 1. The van der Waals surface area contributed by atoms with Crippen molar-refractivity contribution in [1.29, 1.82) is 0 Å². The van der Waals surface area contributed by atoms with Crippen LogP contribution in [0.1, 0.15) is 5.56 Å². The van der Waals surface area contributed by atoms with E-state index in [1.165, 1.54) is 40.0 Å². The molecule has 0 aliphatic heterocycles. The second-order valence-electron chi connectivity index (χ2n) is 4.86. The number of aromatic nitrogens is 3. The Bertz CT molecular complexity index is 828. The van der Waals surface area contributed by atoms with Gasteiger partial charge in [0.1, 0.15) is 0 Å². The first kappa shape index (κ1) is 16.9. The third-order valence-corrected chi connectivity index (χ3v) is 5.88. The Morgan fingerprint density at radius 3 is 2.71 bits per heavy atom. The van der Waals surface area contributed by atoms with Gasteiger partial charge >= 0.3 is 0 Å². The van der Waals surface area contributed by atoms with Gasteiger partial charge in [-0.25, -0.2) is 4.98 Å². The highest BCUT2D eigenvalue weighted by atomic mass is 32.2. The molecule has 0 radical (unpaired) electrons. The van der Waals surface area contributed by atoms with Gasteiger partial charge in [0.05, 0.1) is 11.4 Å². The van der Waals surface area contributed by atoms with Gasteiger partial charge in [0.2, 0.25) is 11.0 Å². The normalized spacial score (nSPS) is 10.6. The fourth-order valence-corrected chi connectivity index (χ4v) is 4.08. The zero-order chi connectivity index (χ0) is 16.9. The Labute approximate surface area is 151 Å². The van der Waals surface area contributed by atoms with Gasteiger partial charge in [0.25, 0.3) is 0 Å². The van der Waals surface area contributed by atoms with Crippen LogP contribution in [0.2, 0.25) is 0 Å². The van der Waals surface area contributed by atoms with Crippen LogP contribution < -0.4 is 10.6 Å². The van der Waals surface area contributed by atoms with Crippen LogP contribution >= 0.6 is 34.4 Å². The summed E-state index contributed by atoms with van der Waals surface area (Å²) in [7, 11) is 1.79. The van der Waals surface area contributed by atoms with Gasteiger partial charge in [-0.15, -0.1) is 21.5 Å². The summed E-state index contributed by atoms with van der Waals surface area (Å²) < 4.78 is 0.758. The van der Waals surface area contributed by atoms with Crippen LogP contribution in [0.3, 0.4) is 0 Å². The Hall–Kier alpha value is -1.97. The van der Waals surface area contributed by atoms with Gasteiger partial charge in [-0.05, 0) is 6.92 Å². The molecule has 24 heavy (non-hydrogen) atoms. The van der Waals surface area contributed by atoms with Crippen molar-refractivity contribution in [3.8, 4) is 11.3 Å². The number of nitrogens with zero attached hydrogens (tertiary/aromatic N) is 3. The van der Waals surface area contributed by atoms with Crippen molar-refractivity contribution >= 4 is 50.6 Å². The van der Waals surface area contributed by atoms with Crippen LogP contribution in [0.4, 0.5) is 10.3 Å². The highest BCUT2D eigenvalue weighted by Crippen LogP contribution is 2.27. The molecule has 9 heteroatoms. The second-order valence-corrected chi connectivity index (χ2v) is 7.92. The molecule has 2 N–H and O–H groups in total. The van der Waals surface area contributed by atoms with Gasteiger partial charge in [-0.3, -0.25) is 4.79 Å². The van der Waals surface area contributed by atoms with Crippen molar-refractivity contribution in [2.24, 2.45) is 0 Å². The van der Waals surface area contributed by atoms with Gasteiger partial charge < -0.3 is 10.6 Å². The molecule has 1 amide bonds. The van der Waals surface area contributed by atoms with Crippen LogP contribution in [-0.4, -0.2) is 33.9 Å². The number of rotatable bonds is 6. The van der Waals surface area contributed by atoms with E-state index in [1.807, 2.05) is 36.6 Å². The Morgan fingerprint density at radius 2 is 2.00 bits per heavy atom. The lowest BCUT2D eigenvalue weighted by atomic mass is 10.1. The molecule has 0 aliphatic carbocycles. The topological polar surface area (TPSA) is 79.8 Å². The molecule has 0 aliphatic rings. The first-order valence-corrected chi connectivity index (χ1v) is 9.78. The summed E-state index contributed by atoms with van der Waals surface area (Å²) in [6, 6.07) is 8.15. The van der Waals surface area contributed by atoms with E-state index in [9.17, 15) is 4.79 Å². The van der Waals surface area contributed by atoms with Gasteiger partial charge in [0.15, 0.2) is 9.47 Å². The van der Waals surface area contributed by atoms with Crippen molar-refractivity contribution < 1.29 is 4.79 Å². The lowest BCUT2D eigenvalue weighted by Crippen LogP contribution is -2.13. The van der Waals surface area contributed by atoms with E-state index >= 15 is 0 Å². The number of carbonyl (C=O) groups is 1. The fraction of sp³-hybridized carbons (Fsp3) is 0.200. The second kappa shape index (κ2) is 7.73. The SMILES string of the molecule is CNc1nnc(SCC(=O)Nc2nc(-c3ccc(C)cc3)cs2)s1. The summed E-state index contributed by atoms with van der Waals surface area (Å²) in [5.74, 6) is 0.170. The zero-order valence-electron chi connectivity index (χ0n) is 13.1. The van der Waals surface area contributed by atoms with Gasteiger partial charge in [0, 0.05) is 18.0 Å². The molecule has 0 saturated carbocycles. The van der Waals surface area contributed by atoms with E-state index in [0.717, 1.165) is 20.7 Å². The van der Waals surface area contributed by atoms with E-state index in [2.05, 4.69) is 25.8 Å². The molecule has 0 fully saturated rings. The summed E-state index contributed by atoms with van der Waals surface area (Å²) >= 11 is 4.20. The molecular weight excluding hydrogens is 362 g/mol. The van der Waals surface area contributed by atoms with Crippen LogP contribution in [-0.2, 0) is 4.79 Å². The number of hydrogen-bond donors (Lipinski definition) is 2. The number of thiazole rings is 1. The molecule has 0 spiro atoms.